The lowest BCUT2D eigenvalue weighted by Gasteiger charge is -2.08. The summed E-state index contributed by atoms with van der Waals surface area (Å²) in [5, 5.41) is 13.9. The van der Waals surface area contributed by atoms with Crippen molar-refractivity contribution in [2.75, 3.05) is 11.1 Å². The molecule has 1 aliphatic carbocycles. The van der Waals surface area contributed by atoms with E-state index >= 15 is 0 Å². The Kier molecular flexibility index (Phi) is 5.66. The van der Waals surface area contributed by atoms with E-state index in [9.17, 15) is 13.6 Å². The molecular formula is C21H16F2N6OS2. The molecule has 0 unspecified atom stereocenters. The van der Waals surface area contributed by atoms with Crippen LogP contribution in [-0.2, 0) is 4.79 Å². The van der Waals surface area contributed by atoms with Crippen LogP contribution in [0.4, 0.5) is 13.9 Å². The molecule has 0 atom stereocenters. The number of rotatable bonds is 7. The molecule has 1 saturated carbocycles. The van der Waals surface area contributed by atoms with Gasteiger partial charge in [-0.3, -0.25) is 14.3 Å². The van der Waals surface area contributed by atoms with Crippen LogP contribution in [0.25, 0.3) is 22.6 Å². The predicted molar refractivity (Wildman–Crippen MR) is 118 cm³/mol. The van der Waals surface area contributed by atoms with Crippen LogP contribution in [0.5, 0.6) is 0 Å². The van der Waals surface area contributed by atoms with Gasteiger partial charge in [0.15, 0.2) is 16.1 Å². The number of carbonyl (C=O) groups excluding carboxylic acids is 1. The lowest BCUT2D eigenvalue weighted by atomic mass is 10.1. The van der Waals surface area contributed by atoms with Crippen molar-refractivity contribution in [3.63, 3.8) is 0 Å². The van der Waals surface area contributed by atoms with Crippen molar-refractivity contribution in [2.24, 2.45) is 0 Å². The number of thiazole rings is 1. The van der Waals surface area contributed by atoms with E-state index in [1.165, 1.54) is 11.8 Å². The van der Waals surface area contributed by atoms with Crippen molar-refractivity contribution in [3.05, 3.63) is 59.7 Å². The Morgan fingerprint density at radius 2 is 2.00 bits per heavy atom. The second-order valence-electron chi connectivity index (χ2n) is 7.14. The lowest BCUT2D eigenvalue weighted by molar-refractivity contribution is -0.113. The molecule has 1 fully saturated rings. The number of pyridine rings is 1. The first-order chi connectivity index (χ1) is 15.6. The normalized spacial score (nSPS) is 13.3. The van der Waals surface area contributed by atoms with Crippen molar-refractivity contribution in [2.45, 2.75) is 24.0 Å². The van der Waals surface area contributed by atoms with Crippen molar-refractivity contribution >= 4 is 34.1 Å². The average molecular weight is 471 g/mol. The Hall–Kier alpha value is -3.18. The molecule has 1 amide bonds. The number of carbonyl (C=O) groups is 1. The van der Waals surface area contributed by atoms with E-state index in [-0.39, 0.29) is 22.9 Å². The first-order valence-corrected chi connectivity index (χ1v) is 11.6. The Morgan fingerprint density at radius 1 is 1.19 bits per heavy atom. The lowest BCUT2D eigenvalue weighted by Crippen LogP contribution is -2.14. The molecule has 0 radical (unpaired) electrons. The Morgan fingerprint density at radius 3 is 2.78 bits per heavy atom. The molecule has 32 heavy (non-hydrogen) atoms. The summed E-state index contributed by atoms with van der Waals surface area (Å²) >= 11 is 2.44. The van der Waals surface area contributed by atoms with E-state index in [0.717, 1.165) is 53.8 Å². The second-order valence-corrected chi connectivity index (χ2v) is 8.94. The van der Waals surface area contributed by atoms with Gasteiger partial charge in [0, 0.05) is 34.9 Å². The van der Waals surface area contributed by atoms with E-state index < -0.39 is 11.6 Å². The summed E-state index contributed by atoms with van der Waals surface area (Å²) in [4.78, 5) is 20.7. The van der Waals surface area contributed by atoms with E-state index in [0.29, 0.717) is 16.3 Å². The summed E-state index contributed by atoms with van der Waals surface area (Å²) in [6.45, 7) is 0. The molecule has 3 heterocycles. The zero-order valence-corrected chi connectivity index (χ0v) is 18.2. The van der Waals surface area contributed by atoms with E-state index in [2.05, 4.69) is 30.0 Å². The molecule has 3 aromatic heterocycles. The Balaban J connectivity index is 1.26. The number of nitrogens with zero attached hydrogens (tertiary/aromatic N) is 5. The average Bonchev–Trinajstić information content (AvgIpc) is 3.38. The van der Waals surface area contributed by atoms with Gasteiger partial charge in [-0.2, -0.15) is 0 Å². The molecule has 0 spiro atoms. The Bertz CT molecular complexity index is 1270. The maximum absolute atomic E-state index is 14.0. The highest BCUT2D eigenvalue weighted by Crippen LogP contribution is 2.41. The molecule has 1 aromatic carbocycles. The smallest absolute Gasteiger partial charge is 0.236 e. The van der Waals surface area contributed by atoms with Crippen molar-refractivity contribution in [1.82, 2.24) is 24.7 Å². The zero-order valence-electron chi connectivity index (χ0n) is 16.5. The van der Waals surface area contributed by atoms with E-state index in [4.69, 9.17) is 0 Å². The third kappa shape index (κ3) is 4.39. The molecule has 0 bridgehead atoms. The minimum Gasteiger partial charge on any atom is -0.301 e. The molecule has 0 aliphatic heterocycles. The summed E-state index contributed by atoms with van der Waals surface area (Å²) in [7, 11) is 0. The van der Waals surface area contributed by atoms with Gasteiger partial charge in [0.05, 0.1) is 11.4 Å². The zero-order chi connectivity index (χ0) is 22.1. The van der Waals surface area contributed by atoms with E-state index in [1.807, 2.05) is 12.1 Å². The SMILES string of the molecule is O=C(CSc1nnc(-c2ccncc2)n1C1CC1)Nc1nc(-c2cc(F)ccc2F)cs1. The highest BCUT2D eigenvalue weighted by Gasteiger charge is 2.30. The van der Waals surface area contributed by atoms with Gasteiger partial charge in [-0.25, -0.2) is 13.8 Å². The summed E-state index contributed by atoms with van der Waals surface area (Å²) in [6.07, 6.45) is 5.52. The van der Waals surface area contributed by atoms with Crippen LogP contribution in [0.3, 0.4) is 0 Å². The minimum atomic E-state index is -0.574. The number of hydrogen-bond acceptors (Lipinski definition) is 7. The second kappa shape index (κ2) is 8.75. The fourth-order valence-corrected chi connectivity index (χ4v) is 4.70. The number of thioether (sulfide) groups is 1. The molecule has 1 N–H and O–H groups in total. The maximum Gasteiger partial charge on any atom is 0.236 e. The van der Waals surface area contributed by atoms with Crippen LogP contribution < -0.4 is 5.32 Å². The number of hydrogen-bond donors (Lipinski definition) is 1. The summed E-state index contributed by atoms with van der Waals surface area (Å²) < 4.78 is 29.5. The number of aromatic nitrogens is 5. The maximum atomic E-state index is 14.0. The van der Waals surface area contributed by atoms with Gasteiger partial charge in [-0.15, -0.1) is 21.5 Å². The standard InChI is InChI=1S/C21H16F2N6OS2/c22-13-1-4-16(23)15(9-13)17-10-31-20(25-17)26-18(30)11-32-21-28-27-19(29(21)14-2-3-14)12-5-7-24-8-6-12/h1,4-10,14H,2-3,11H2,(H,25,26,30). The highest BCUT2D eigenvalue weighted by atomic mass is 32.2. The van der Waals surface area contributed by atoms with Crippen LogP contribution >= 0.6 is 23.1 Å². The van der Waals surface area contributed by atoms with Gasteiger partial charge in [-0.05, 0) is 43.2 Å². The van der Waals surface area contributed by atoms with Crippen molar-refractivity contribution < 1.29 is 13.6 Å². The van der Waals surface area contributed by atoms with Crippen molar-refractivity contribution in [3.8, 4) is 22.6 Å². The molecule has 162 valence electrons. The quantitative estimate of drug-likeness (QED) is 0.390. The molecule has 7 nitrogen and oxygen atoms in total. The summed E-state index contributed by atoms with van der Waals surface area (Å²) in [6, 6.07) is 7.27. The minimum absolute atomic E-state index is 0.0531. The largest absolute Gasteiger partial charge is 0.301 e. The number of benzene rings is 1. The van der Waals surface area contributed by atoms with Gasteiger partial charge >= 0.3 is 0 Å². The molecule has 11 heteroatoms. The fourth-order valence-electron chi connectivity index (χ4n) is 3.17. The first-order valence-electron chi connectivity index (χ1n) is 9.77. The van der Waals surface area contributed by atoms with Crippen LogP contribution in [0.15, 0.2) is 53.3 Å². The van der Waals surface area contributed by atoms with Crippen LogP contribution in [-0.4, -0.2) is 36.4 Å². The van der Waals surface area contributed by atoms with Gasteiger partial charge in [0.2, 0.25) is 5.91 Å². The topological polar surface area (TPSA) is 85.6 Å². The van der Waals surface area contributed by atoms with Gasteiger partial charge < -0.3 is 5.32 Å². The summed E-state index contributed by atoms with van der Waals surface area (Å²) in [5.41, 5.74) is 1.25. The van der Waals surface area contributed by atoms with Crippen LogP contribution in [0.1, 0.15) is 18.9 Å². The van der Waals surface area contributed by atoms with Crippen LogP contribution in [0.2, 0.25) is 0 Å². The predicted octanol–water partition coefficient (Wildman–Crippen LogP) is 4.81. The third-order valence-corrected chi connectivity index (χ3v) is 6.50. The number of anilines is 1. The monoisotopic (exact) mass is 470 g/mol. The molecular weight excluding hydrogens is 454 g/mol. The number of amides is 1. The van der Waals surface area contributed by atoms with Gasteiger partial charge in [0.25, 0.3) is 0 Å². The summed E-state index contributed by atoms with van der Waals surface area (Å²) in [5.74, 6) is -0.521. The third-order valence-electron chi connectivity index (χ3n) is 4.80. The number of nitrogens with one attached hydrogen (secondary N) is 1. The molecule has 1 aliphatic rings. The van der Waals surface area contributed by atoms with Gasteiger partial charge in [-0.1, -0.05) is 11.8 Å². The van der Waals surface area contributed by atoms with Crippen molar-refractivity contribution in [1.29, 1.82) is 0 Å². The molecule has 4 aromatic rings. The Labute approximate surface area is 189 Å². The molecule has 5 rings (SSSR count). The fraction of sp³-hybridized carbons (Fsp3) is 0.190. The highest BCUT2D eigenvalue weighted by molar-refractivity contribution is 7.99. The van der Waals surface area contributed by atoms with Gasteiger partial charge in [0.1, 0.15) is 11.6 Å². The van der Waals surface area contributed by atoms with Crippen LogP contribution in [0, 0.1) is 11.6 Å². The first kappa shape index (κ1) is 20.7. The van der Waals surface area contributed by atoms with E-state index in [1.54, 1.807) is 17.8 Å². The molecule has 0 saturated heterocycles. The number of halogens is 2.